The van der Waals surface area contributed by atoms with Crippen LogP contribution in [0.5, 0.6) is 11.5 Å². The van der Waals surface area contributed by atoms with E-state index in [-0.39, 0.29) is 17.9 Å². The van der Waals surface area contributed by atoms with Gasteiger partial charge in [0.2, 0.25) is 0 Å². The van der Waals surface area contributed by atoms with Gasteiger partial charge in [0, 0.05) is 36.0 Å². The predicted molar refractivity (Wildman–Crippen MR) is 170 cm³/mol. The van der Waals surface area contributed by atoms with Crippen LogP contribution in [0, 0.1) is 13.8 Å². The zero-order chi connectivity index (χ0) is 29.6. The summed E-state index contributed by atoms with van der Waals surface area (Å²) in [6.07, 6.45) is 7.21. The number of carbonyl (C=O) groups excluding carboxylic acids is 2. The number of ether oxygens (including phenoxy) is 2. The monoisotopic (exact) mass is 584 g/mol. The molecule has 0 spiro atoms. The third-order valence-electron chi connectivity index (χ3n) is 8.31. The first-order valence-corrected chi connectivity index (χ1v) is 15.6. The topological polar surface area (TPSA) is 67.9 Å². The maximum atomic E-state index is 13.8. The fourth-order valence-electron chi connectivity index (χ4n) is 5.87. The second kappa shape index (κ2) is 13.5. The van der Waals surface area contributed by atoms with Crippen molar-refractivity contribution in [1.82, 2.24) is 10.2 Å². The summed E-state index contributed by atoms with van der Waals surface area (Å²) < 4.78 is 10.7. The summed E-state index contributed by atoms with van der Waals surface area (Å²) in [5.74, 6) is 1.45. The molecular formula is C35H40N2O4S. The van der Waals surface area contributed by atoms with Gasteiger partial charge in [0.25, 0.3) is 11.8 Å². The second-order valence-electron chi connectivity index (χ2n) is 11.2. The van der Waals surface area contributed by atoms with Crippen molar-refractivity contribution in [2.45, 2.75) is 63.8 Å². The zero-order valence-corrected chi connectivity index (χ0v) is 25.8. The van der Waals surface area contributed by atoms with Crippen LogP contribution in [0.4, 0.5) is 0 Å². The molecule has 2 fully saturated rings. The van der Waals surface area contributed by atoms with Gasteiger partial charge in [0.15, 0.2) is 0 Å². The van der Waals surface area contributed by atoms with Crippen LogP contribution in [0.3, 0.4) is 0 Å². The molecular weight excluding hydrogens is 544 g/mol. The van der Waals surface area contributed by atoms with Crippen molar-refractivity contribution >= 4 is 29.7 Å². The Balaban J connectivity index is 1.25. The molecule has 1 saturated carbocycles. The molecule has 6 nitrogen and oxygen atoms in total. The quantitative estimate of drug-likeness (QED) is 0.283. The molecule has 1 aliphatic carbocycles. The van der Waals surface area contributed by atoms with Gasteiger partial charge in [0.1, 0.15) is 11.5 Å². The molecule has 42 heavy (non-hydrogen) atoms. The van der Waals surface area contributed by atoms with Gasteiger partial charge in [-0.15, -0.1) is 11.8 Å². The van der Waals surface area contributed by atoms with Crippen LogP contribution in [0.1, 0.15) is 63.9 Å². The van der Waals surface area contributed by atoms with E-state index in [2.05, 4.69) is 42.3 Å². The lowest BCUT2D eigenvalue weighted by atomic mass is 9.92. The van der Waals surface area contributed by atoms with E-state index >= 15 is 0 Å². The Bertz CT molecular complexity index is 1470. The minimum atomic E-state index is -0.130. The highest BCUT2D eigenvalue weighted by Crippen LogP contribution is 2.43. The van der Waals surface area contributed by atoms with Crippen LogP contribution in [-0.4, -0.2) is 48.8 Å². The SMILES string of the molecule is COc1ccc(CCNC(=O)c2ccc(/C=C3\SC4CCCCC4N(Cc4cc(C)ccc4C)C3=O)cc2)c(OC)c1. The molecule has 3 aromatic rings. The minimum Gasteiger partial charge on any atom is -0.497 e. The minimum absolute atomic E-state index is 0.111. The van der Waals surface area contributed by atoms with Gasteiger partial charge in [-0.05, 0) is 79.6 Å². The van der Waals surface area contributed by atoms with Gasteiger partial charge in [0.05, 0.1) is 19.1 Å². The molecule has 0 radical (unpaired) electrons. The van der Waals surface area contributed by atoms with E-state index in [0.717, 1.165) is 40.4 Å². The third-order valence-corrected chi connectivity index (χ3v) is 9.71. The third kappa shape index (κ3) is 6.84. The van der Waals surface area contributed by atoms with E-state index < -0.39 is 0 Å². The van der Waals surface area contributed by atoms with Crippen molar-refractivity contribution in [3.8, 4) is 11.5 Å². The Kier molecular flexibility index (Phi) is 9.58. The van der Waals surface area contributed by atoms with Gasteiger partial charge in [-0.3, -0.25) is 9.59 Å². The van der Waals surface area contributed by atoms with Crippen molar-refractivity contribution in [3.05, 3.63) is 98.9 Å². The fraction of sp³-hybridized carbons (Fsp3) is 0.371. The lowest BCUT2D eigenvalue weighted by molar-refractivity contribution is -0.130. The molecule has 1 N–H and O–H groups in total. The van der Waals surface area contributed by atoms with E-state index in [4.69, 9.17) is 9.47 Å². The number of hydrogen-bond acceptors (Lipinski definition) is 5. The smallest absolute Gasteiger partial charge is 0.260 e. The average molecular weight is 585 g/mol. The largest absolute Gasteiger partial charge is 0.497 e. The van der Waals surface area contributed by atoms with Crippen LogP contribution >= 0.6 is 11.8 Å². The Morgan fingerprint density at radius 3 is 2.52 bits per heavy atom. The Morgan fingerprint density at radius 2 is 1.76 bits per heavy atom. The van der Waals surface area contributed by atoms with Gasteiger partial charge in [-0.1, -0.05) is 54.8 Å². The van der Waals surface area contributed by atoms with Crippen LogP contribution in [-0.2, 0) is 17.8 Å². The number of nitrogens with zero attached hydrogens (tertiary/aromatic N) is 1. The highest BCUT2D eigenvalue weighted by molar-refractivity contribution is 8.04. The number of thioether (sulfide) groups is 1. The first kappa shape index (κ1) is 29.8. The molecule has 7 heteroatoms. The second-order valence-corrected chi connectivity index (χ2v) is 12.5. The Hall–Kier alpha value is -3.71. The van der Waals surface area contributed by atoms with Gasteiger partial charge in [-0.25, -0.2) is 0 Å². The lowest BCUT2D eigenvalue weighted by Crippen LogP contribution is -2.50. The number of benzene rings is 3. The Labute approximate surface area is 253 Å². The van der Waals surface area contributed by atoms with Crippen LogP contribution < -0.4 is 14.8 Å². The molecule has 2 amide bonds. The molecule has 1 heterocycles. The number of carbonyl (C=O) groups is 2. The molecule has 2 unspecified atom stereocenters. The van der Waals surface area contributed by atoms with Crippen molar-refractivity contribution in [2.24, 2.45) is 0 Å². The molecule has 1 aliphatic heterocycles. The molecule has 3 aromatic carbocycles. The molecule has 220 valence electrons. The molecule has 1 saturated heterocycles. The number of nitrogens with one attached hydrogen (secondary N) is 1. The van der Waals surface area contributed by atoms with E-state index in [9.17, 15) is 9.59 Å². The summed E-state index contributed by atoms with van der Waals surface area (Å²) in [4.78, 5) is 29.6. The van der Waals surface area contributed by atoms with Crippen molar-refractivity contribution in [1.29, 1.82) is 0 Å². The summed E-state index contributed by atoms with van der Waals surface area (Å²) in [6.45, 7) is 5.36. The van der Waals surface area contributed by atoms with Gasteiger partial charge in [-0.2, -0.15) is 0 Å². The van der Waals surface area contributed by atoms with Crippen LogP contribution in [0.2, 0.25) is 0 Å². The highest BCUT2D eigenvalue weighted by Gasteiger charge is 2.40. The van der Waals surface area contributed by atoms with Crippen molar-refractivity contribution < 1.29 is 19.1 Å². The summed E-state index contributed by atoms with van der Waals surface area (Å²) >= 11 is 1.74. The predicted octanol–water partition coefficient (Wildman–Crippen LogP) is 6.72. The van der Waals surface area contributed by atoms with Gasteiger partial charge < -0.3 is 19.7 Å². The van der Waals surface area contributed by atoms with Crippen LogP contribution in [0.15, 0.2) is 65.6 Å². The van der Waals surface area contributed by atoms with E-state index in [0.29, 0.717) is 30.3 Å². The van der Waals surface area contributed by atoms with Gasteiger partial charge >= 0.3 is 0 Å². The molecule has 0 aromatic heterocycles. The van der Waals surface area contributed by atoms with Crippen molar-refractivity contribution in [3.63, 3.8) is 0 Å². The normalized spacial score (nSPS) is 19.4. The standard InChI is InChI=1S/C35H40N2O4S/c1-23-9-10-24(2)28(19-23)22-37-30-7-5-6-8-32(30)42-33(35(37)39)20-25-11-13-27(14-12-25)34(38)36-18-17-26-15-16-29(40-3)21-31(26)41-4/h9-16,19-21,30,32H,5-8,17-18,22H2,1-4H3,(H,36,38)/b33-20-. The van der Waals surface area contributed by atoms with Crippen LogP contribution in [0.25, 0.3) is 6.08 Å². The fourth-order valence-corrected chi connectivity index (χ4v) is 7.34. The average Bonchev–Trinajstić information content (AvgIpc) is 3.01. The first-order valence-electron chi connectivity index (χ1n) is 14.7. The summed E-state index contributed by atoms with van der Waals surface area (Å²) in [5.41, 5.74) is 6.18. The highest BCUT2D eigenvalue weighted by atomic mass is 32.2. The van der Waals surface area contributed by atoms with E-state index in [1.807, 2.05) is 48.5 Å². The number of amides is 2. The number of fused-ring (bicyclic) bond motifs is 1. The summed E-state index contributed by atoms with van der Waals surface area (Å²) in [6, 6.07) is 19.9. The maximum Gasteiger partial charge on any atom is 0.260 e. The molecule has 2 aliphatic rings. The van der Waals surface area contributed by atoms with Crippen molar-refractivity contribution in [2.75, 3.05) is 20.8 Å². The lowest BCUT2D eigenvalue weighted by Gasteiger charge is -2.44. The zero-order valence-electron chi connectivity index (χ0n) is 24.9. The molecule has 5 rings (SSSR count). The number of methoxy groups -OCH3 is 2. The maximum absolute atomic E-state index is 13.8. The first-order chi connectivity index (χ1) is 20.4. The number of aryl methyl sites for hydroxylation is 2. The number of rotatable bonds is 9. The van der Waals surface area contributed by atoms with E-state index in [1.54, 1.807) is 26.0 Å². The Morgan fingerprint density at radius 1 is 0.976 bits per heavy atom. The molecule has 0 bridgehead atoms. The molecule has 2 atom stereocenters. The summed E-state index contributed by atoms with van der Waals surface area (Å²) in [7, 11) is 3.25. The summed E-state index contributed by atoms with van der Waals surface area (Å²) in [5, 5.41) is 3.42. The van der Waals surface area contributed by atoms with E-state index in [1.165, 1.54) is 29.5 Å². The number of hydrogen-bond donors (Lipinski definition) is 1.